The summed E-state index contributed by atoms with van der Waals surface area (Å²) in [6.45, 7) is 6.90. The fourth-order valence-corrected chi connectivity index (χ4v) is 2.40. The summed E-state index contributed by atoms with van der Waals surface area (Å²) in [6.07, 6.45) is 0.757. The Balaban J connectivity index is 2.74. The first-order valence-corrected chi connectivity index (χ1v) is 7.34. The van der Waals surface area contributed by atoms with Crippen molar-refractivity contribution in [3.8, 4) is 0 Å². The number of hydrogen-bond acceptors (Lipinski definition) is 3. The number of hydrogen-bond donors (Lipinski definition) is 1. The zero-order valence-corrected chi connectivity index (χ0v) is 13.7. The highest BCUT2D eigenvalue weighted by Crippen LogP contribution is 2.12. The number of aryl methyl sites for hydroxylation is 1. The molecule has 1 aromatic heterocycles. The van der Waals surface area contributed by atoms with Gasteiger partial charge in [-0.1, -0.05) is 32.4 Å². The van der Waals surface area contributed by atoms with Gasteiger partial charge in [-0.2, -0.15) is 0 Å². The number of nitrogens with zero attached hydrogens (tertiary/aromatic N) is 2. The molecule has 1 amide bonds. The van der Waals surface area contributed by atoms with Crippen molar-refractivity contribution in [3.63, 3.8) is 0 Å². The Kier molecular flexibility index (Phi) is 6.43. The highest BCUT2D eigenvalue weighted by Gasteiger charge is 2.17. The fraction of sp³-hybridized carbons (Fsp3) is 0.600. The highest BCUT2D eigenvalue weighted by atomic mass is 35.5. The second-order valence-electron chi connectivity index (χ2n) is 5.51. The predicted molar refractivity (Wildman–Crippen MR) is 83.3 cm³/mol. The average Bonchev–Trinajstić information content (AvgIpc) is 2.37. The van der Waals surface area contributed by atoms with Crippen molar-refractivity contribution in [2.45, 2.75) is 33.2 Å². The lowest BCUT2D eigenvalue weighted by Gasteiger charge is -2.28. The fourth-order valence-electron chi connectivity index (χ4n) is 2.18. The summed E-state index contributed by atoms with van der Waals surface area (Å²) in [5.41, 5.74) is 1.40. The third kappa shape index (κ3) is 4.76. The zero-order valence-electron chi connectivity index (χ0n) is 12.9. The number of amides is 1. The van der Waals surface area contributed by atoms with Crippen LogP contribution < -0.4 is 5.32 Å². The quantitative estimate of drug-likeness (QED) is 0.821. The molecule has 5 heteroatoms. The van der Waals surface area contributed by atoms with Gasteiger partial charge in [0.15, 0.2) is 0 Å². The molecule has 1 aromatic rings. The Morgan fingerprint density at radius 1 is 1.40 bits per heavy atom. The summed E-state index contributed by atoms with van der Waals surface area (Å²) < 4.78 is 0. The summed E-state index contributed by atoms with van der Waals surface area (Å²) in [6, 6.07) is 3.71. The monoisotopic (exact) mass is 297 g/mol. The SMILES string of the molecule is CCc1cc(C(=O)NCC(C(C)C)N(C)C)cc(Cl)n1. The van der Waals surface area contributed by atoms with Gasteiger partial charge in [-0.3, -0.25) is 4.79 Å². The van der Waals surface area contributed by atoms with Crippen LogP contribution in [-0.4, -0.2) is 42.5 Å². The largest absolute Gasteiger partial charge is 0.350 e. The summed E-state index contributed by atoms with van der Waals surface area (Å²) in [7, 11) is 4.05. The molecule has 20 heavy (non-hydrogen) atoms. The standard InChI is InChI=1S/C15H24ClN3O/c1-6-12-7-11(8-14(16)18-12)15(20)17-9-13(10(2)3)19(4)5/h7-8,10,13H,6,9H2,1-5H3,(H,17,20). The number of carbonyl (C=O) groups is 1. The maximum atomic E-state index is 12.2. The van der Waals surface area contributed by atoms with Gasteiger partial charge in [0.05, 0.1) is 0 Å². The molecule has 1 unspecified atom stereocenters. The van der Waals surface area contributed by atoms with Crippen molar-refractivity contribution in [1.82, 2.24) is 15.2 Å². The van der Waals surface area contributed by atoms with Crippen LogP contribution >= 0.6 is 11.6 Å². The van der Waals surface area contributed by atoms with E-state index in [0.29, 0.717) is 29.2 Å². The van der Waals surface area contributed by atoms with Crippen molar-refractivity contribution < 1.29 is 4.79 Å². The van der Waals surface area contributed by atoms with Gasteiger partial charge in [0, 0.05) is 23.8 Å². The van der Waals surface area contributed by atoms with E-state index in [1.165, 1.54) is 0 Å². The molecule has 0 spiro atoms. The van der Waals surface area contributed by atoms with Gasteiger partial charge in [0.25, 0.3) is 5.91 Å². The van der Waals surface area contributed by atoms with Crippen molar-refractivity contribution in [2.24, 2.45) is 5.92 Å². The molecule has 1 N–H and O–H groups in total. The lowest BCUT2D eigenvalue weighted by molar-refractivity contribution is 0.0934. The lowest BCUT2D eigenvalue weighted by atomic mass is 10.0. The summed E-state index contributed by atoms with van der Waals surface area (Å²) in [5.74, 6) is 0.369. The van der Waals surface area contributed by atoms with Crippen LogP contribution in [0.15, 0.2) is 12.1 Å². The van der Waals surface area contributed by atoms with E-state index in [1.807, 2.05) is 21.0 Å². The maximum absolute atomic E-state index is 12.2. The predicted octanol–water partition coefficient (Wildman–Crippen LogP) is 2.61. The summed E-state index contributed by atoms with van der Waals surface area (Å²) in [5, 5.41) is 3.34. The van der Waals surface area contributed by atoms with E-state index >= 15 is 0 Å². The zero-order chi connectivity index (χ0) is 15.3. The van der Waals surface area contributed by atoms with Crippen molar-refractivity contribution in [1.29, 1.82) is 0 Å². The number of pyridine rings is 1. The Labute approximate surface area is 126 Å². The van der Waals surface area contributed by atoms with E-state index in [0.717, 1.165) is 12.1 Å². The van der Waals surface area contributed by atoms with Crippen LogP contribution in [0.5, 0.6) is 0 Å². The highest BCUT2D eigenvalue weighted by molar-refractivity contribution is 6.29. The van der Waals surface area contributed by atoms with Gasteiger partial charge in [-0.05, 0) is 38.6 Å². The second kappa shape index (κ2) is 7.60. The molecule has 0 radical (unpaired) electrons. The van der Waals surface area contributed by atoms with Gasteiger partial charge in [0.1, 0.15) is 5.15 Å². The number of nitrogens with one attached hydrogen (secondary N) is 1. The van der Waals surface area contributed by atoms with E-state index in [1.54, 1.807) is 12.1 Å². The van der Waals surface area contributed by atoms with Gasteiger partial charge in [-0.25, -0.2) is 4.98 Å². The Hall–Kier alpha value is -1.13. The van der Waals surface area contributed by atoms with Crippen LogP contribution in [0.25, 0.3) is 0 Å². The summed E-state index contributed by atoms with van der Waals surface area (Å²) >= 11 is 5.94. The van der Waals surface area contributed by atoms with Gasteiger partial charge < -0.3 is 10.2 Å². The van der Waals surface area contributed by atoms with Crippen LogP contribution in [0.1, 0.15) is 36.8 Å². The molecule has 0 saturated carbocycles. The lowest BCUT2D eigenvalue weighted by Crippen LogP contribution is -2.43. The number of likely N-dealkylation sites (N-methyl/N-ethyl adjacent to an activating group) is 1. The number of aromatic nitrogens is 1. The van der Waals surface area contributed by atoms with Crippen molar-refractivity contribution in [3.05, 3.63) is 28.5 Å². The minimum absolute atomic E-state index is 0.100. The van der Waals surface area contributed by atoms with E-state index in [2.05, 4.69) is 29.0 Å². The van der Waals surface area contributed by atoms with Crippen LogP contribution in [-0.2, 0) is 6.42 Å². The number of rotatable bonds is 6. The first-order chi connectivity index (χ1) is 9.35. The average molecular weight is 298 g/mol. The van der Waals surface area contributed by atoms with E-state index in [-0.39, 0.29) is 5.91 Å². The minimum Gasteiger partial charge on any atom is -0.350 e. The van der Waals surface area contributed by atoms with Crippen molar-refractivity contribution >= 4 is 17.5 Å². The molecule has 112 valence electrons. The van der Waals surface area contributed by atoms with Crippen LogP contribution in [0.2, 0.25) is 5.15 Å². The smallest absolute Gasteiger partial charge is 0.251 e. The molecule has 0 aliphatic carbocycles. The van der Waals surface area contributed by atoms with Crippen LogP contribution in [0, 0.1) is 5.92 Å². The molecule has 1 rings (SSSR count). The third-order valence-electron chi connectivity index (χ3n) is 3.38. The van der Waals surface area contributed by atoms with Gasteiger partial charge >= 0.3 is 0 Å². The molecule has 0 aromatic carbocycles. The van der Waals surface area contributed by atoms with E-state index in [9.17, 15) is 4.79 Å². The molecule has 0 fully saturated rings. The molecule has 4 nitrogen and oxygen atoms in total. The first kappa shape index (κ1) is 16.9. The Morgan fingerprint density at radius 2 is 2.05 bits per heavy atom. The normalized spacial score (nSPS) is 12.8. The maximum Gasteiger partial charge on any atom is 0.251 e. The molecule has 1 atom stereocenters. The van der Waals surface area contributed by atoms with Crippen LogP contribution in [0.4, 0.5) is 0 Å². The molecule has 0 aliphatic rings. The topological polar surface area (TPSA) is 45.2 Å². The molecule has 1 heterocycles. The van der Waals surface area contributed by atoms with E-state index in [4.69, 9.17) is 11.6 Å². The number of carbonyl (C=O) groups excluding carboxylic acids is 1. The number of halogens is 1. The molecular formula is C15H24ClN3O. The van der Waals surface area contributed by atoms with Crippen LogP contribution in [0.3, 0.4) is 0 Å². The third-order valence-corrected chi connectivity index (χ3v) is 3.57. The van der Waals surface area contributed by atoms with Gasteiger partial charge in [-0.15, -0.1) is 0 Å². The second-order valence-corrected chi connectivity index (χ2v) is 5.90. The molecule has 0 bridgehead atoms. The minimum atomic E-state index is -0.100. The molecular weight excluding hydrogens is 274 g/mol. The van der Waals surface area contributed by atoms with Crippen molar-refractivity contribution in [2.75, 3.05) is 20.6 Å². The van der Waals surface area contributed by atoms with Gasteiger partial charge in [0.2, 0.25) is 0 Å². The Bertz CT molecular complexity index is 452. The summed E-state index contributed by atoms with van der Waals surface area (Å²) in [4.78, 5) is 18.5. The Morgan fingerprint density at radius 3 is 2.55 bits per heavy atom. The molecule has 0 aliphatic heterocycles. The van der Waals surface area contributed by atoms with E-state index < -0.39 is 0 Å². The first-order valence-electron chi connectivity index (χ1n) is 6.96. The molecule has 0 saturated heterocycles.